The molecular formula is C6H13NO5. The molecule has 0 aliphatic heterocycles. The van der Waals surface area contributed by atoms with E-state index < -0.39 is 30.8 Å². The summed E-state index contributed by atoms with van der Waals surface area (Å²) in [6.07, 6.45) is -4.59. The van der Waals surface area contributed by atoms with E-state index in [0.29, 0.717) is 0 Å². The third-order valence-corrected chi connectivity index (χ3v) is 1.42. The number of primary amides is 1. The molecule has 0 bridgehead atoms. The second kappa shape index (κ2) is 5.04. The highest BCUT2D eigenvalue weighted by molar-refractivity contribution is 5.78. The Morgan fingerprint density at radius 1 is 1.25 bits per heavy atom. The molecule has 0 spiro atoms. The summed E-state index contributed by atoms with van der Waals surface area (Å²) < 4.78 is 0. The van der Waals surface area contributed by atoms with Gasteiger partial charge >= 0.3 is 0 Å². The average Bonchev–Trinajstić information content (AvgIpc) is 2.02. The van der Waals surface area contributed by atoms with Gasteiger partial charge in [0.1, 0.15) is 12.2 Å². The number of hydrogen-bond acceptors (Lipinski definition) is 5. The number of hydrogen-bond donors (Lipinski definition) is 5. The van der Waals surface area contributed by atoms with Gasteiger partial charge in [-0.3, -0.25) is 4.79 Å². The lowest BCUT2D eigenvalue weighted by atomic mass is 10.1. The van der Waals surface area contributed by atoms with Crippen molar-refractivity contribution in [2.75, 3.05) is 6.61 Å². The first-order chi connectivity index (χ1) is 5.49. The van der Waals surface area contributed by atoms with E-state index in [1.807, 2.05) is 0 Å². The Balaban J connectivity index is 3.83. The number of amides is 1. The van der Waals surface area contributed by atoms with Gasteiger partial charge < -0.3 is 26.2 Å². The summed E-state index contributed by atoms with van der Waals surface area (Å²) in [6, 6.07) is 0. The van der Waals surface area contributed by atoms with Crippen LogP contribution in [0.25, 0.3) is 0 Å². The zero-order valence-electron chi connectivity index (χ0n) is 6.42. The summed E-state index contributed by atoms with van der Waals surface area (Å²) in [5.41, 5.74) is 4.68. The molecule has 0 fully saturated rings. The molecule has 1 amide bonds. The number of rotatable bonds is 5. The highest BCUT2D eigenvalue weighted by Gasteiger charge is 2.21. The van der Waals surface area contributed by atoms with Crippen molar-refractivity contribution in [1.29, 1.82) is 0 Å². The topological polar surface area (TPSA) is 124 Å². The normalized spacial score (nSPS) is 18.3. The van der Waals surface area contributed by atoms with Crippen molar-refractivity contribution in [3.8, 4) is 0 Å². The maximum absolute atomic E-state index is 10.3. The molecule has 0 heterocycles. The monoisotopic (exact) mass is 179 g/mol. The first-order valence-electron chi connectivity index (χ1n) is 3.43. The second-order valence-corrected chi connectivity index (χ2v) is 2.47. The molecule has 0 aromatic heterocycles. The first kappa shape index (κ1) is 11.3. The summed E-state index contributed by atoms with van der Waals surface area (Å²) in [4.78, 5) is 10.3. The quantitative estimate of drug-likeness (QED) is 0.306. The Morgan fingerprint density at radius 2 is 1.75 bits per heavy atom. The van der Waals surface area contributed by atoms with Gasteiger partial charge in [-0.1, -0.05) is 0 Å². The first-order valence-corrected chi connectivity index (χ1v) is 3.43. The van der Waals surface area contributed by atoms with Crippen LogP contribution in [-0.4, -0.2) is 51.3 Å². The van der Waals surface area contributed by atoms with Gasteiger partial charge in [0.25, 0.3) is 0 Å². The fraction of sp³-hybridized carbons (Fsp3) is 0.833. The van der Waals surface area contributed by atoms with Crippen LogP contribution in [0.2, 0.25) is 0 Å². The Labute approximate surface area is 69.2 Å². The molecule has 3 atom stereocenters. The van der Waals surface area contributed by atoms with Crippen LogP contribution in [0.15, 0.2) is 0 Å². The molecule has 0 saturated heterocycles. The minimum absolute atomic E-state index is 0.378. The summed E-state index contributed by atoms with van der Waals surface area (Å²) in [7, 11) is 0. The van der Waals surface area contributed by atoms with E-state index in [9.17, 15) is 4.79 Å². The van der Waals surface area contributed by atoms with Gasteiger partial charge in [0.15, 0.2) is 0 Å². The van der Waals surface area contributed by atoms with Crippen LogP contribution in [0, 0.1) is 0 Å². The third kappa shape index (κ3) is 3.63. The van der Waals surface area contributed by atoms with Gasteiger partial charge in [-0.2, -0.15) is 0 Å². The van der Waals surface area contributed by atoms with Crippen molar-refractivity contribution in [2.24, 2.45) is 5.73 Å². The van der Waals surface area contributed by atoms with E-state index in [0.717, 1.165) is 0 Å². The predicted octanol–water partition coefficient (Wildman–Crippen LogP) is -3.06. The van der Waals surface area contributed by atoms with Crippen LogP contribution in [0.1, 0.15) is 6.42 Å². The average molecular weight is 179 g/mol. The van der Waals surface area contributed by atoms with E-state index in [1.165, 1.54) is 0 Å². The maximum atomic E-state index is 10.3. The molecule has 72 valence electrons. The highest BCUT2D eigenvalue weighted by atomic mass is 16.4. The molecule has 0 unspecified atom stereocenters. The molecule has 0 aromatic rings. The van der Waals surface area contributed by atoms with Crippen molar-refractivity contribution in [2.45, 2.75) is 24.7 Å². The van der Waals surface area contributed by atoms with Gasteiger partial charge in [-0.05, 0) is 0 Å². The van der Waals surface area contributed by atoms with Gasteiger partial charge in [0.05, 0.1) is 12.7 Å². The minimum Gasteiger partial charge on any atom is -0.394 e. The SMILES string of the molecule is NC(=O)[C@H](O)C[C@H](O)[C@H](O)CO. The van der Waals surface area contributed by atoms with Gasteiger partial charge in [-0.15, -0.1) is 0 Å². The summed E-state index contributed by atoms with van der Waals surface area (Å²) in [5.74, 6) is -0.973. The molecule has 0 rings (SSSR count). The highest BCUT2D eigenvalue weighted by Crippen LogP contribution is 2.02. The molecule has 6 nitrogen and oxygen atoms in total. The summed E-state index contributed by atoms with van der Waals surface area (Å²) in [5, 5.41) is 34.9. The van der Waals surface area contributed by atoms with Gasteiger partial charge in [0, 0.05) is 6.42 Å². The summed E-state index contributed by atoms with van der Waals surface area (Å²) >= 11 is 0. The molecular weight excluding hydrogens is 166 g/mol. The molecule has 12 heavy (non-hydrogen) atoms. The fourth-order valence-corrected chi connectivity index (χ4v) is 0.624. The Hall–Kier alpha value is -0.690. The number of carbonyl (C=O) groups excluding carboxylic acids is 1. The van der Waals surface area contributed by atoms with Crippen molar-refractivity contribution < 1.29 is 25.2 Å². The van der Waals surface area contributed by atoms with Gasteiger partial charge in [-0.25, -0.2) is 0 Å². The van der Waals surface area contributed by atoms with Crippen LogP contribution in [0.5, 0.6) is 0 Å². The molecule has 0 aromatic carbocycles. The number of aliphatic hydroxyl groups excluding tert-OH is 4. The van der Waals surface area contributed by atoms with Crippen LogP contribution in [0.4, 0.5) is 0 Å². The van der Waals surface area contributed by atoms with E-state index in [-0.39, 0.29) is 6.42 Å². The lowest BCUT2D eigenvalue weighted by Gasteiger charge is -2.16. The Bertz CT molecular complexity index is 151. The standard InChI is InChI=1S/C6H13NO5/c7-6(12)4(10)1-3(9)5(11)2-8/h3-5,8-11H,1-2H2,(H2,7,12)/t3-,4+,5+/m0/s1. The van der Waals surface area contributed by atoms with E-state index >= 15 is 0 Å². The molecule has 0 saturated carbocycles. The van der Waals surface area contributed by atoms with Crippen LogP contribution in [0.3, 0.4) is 0 Å². The van der Waals surface area contributed by atoms with Crippen LogP contribution >= 0.6 is 0 Å². The van der Waals surface area contributed by atoms with Crippen molar-refractivity contribution in [3.63, 3.8) is 0 Å². The molecule has 0 aliphatic carbocycles. The number of aliphatic hydroxyl groups is 4. The van der Waals surface area contributed by atoms with Crippen LogP contribution in [-0.2, 0) is 4.79 Å². The van der Waals surface area contributed by atoms with Crippen molar-refractivity contribution in [3.05, 3.63) is 0 Å². The molecule has 6 N–H and O–H groups in total. The lowest BCUT2D eigenvalue weighted by molar-refractivity contribution is -0.129. The molecule has 6 heteroatoms. The Morgan fingerprint density at radius 3 is 2.08 bits per heavy atom. The van der Waals surface area contributed by atoms with E-state index in [4.69, 9.17) is 20.4 Å². The van der Waals surface area contributed by atoms with Crippen LogP contribution < -0.4 is 5.73 Å². The molecule has 0 aliphatic rings. The molecule has 0 radical (unpaired) electrons. The smallest absolute Gasteiger partial charge is 0.246 e. The third-order valence-electron chi connectivity index (χ3n) is 1.42. The minimum atomic E-state index is -1.50. The van der Waals surface area contributed by atoms with Crippen molar-refractivity contribution >= 4 is 5.91 Å². The lowest BCUT2D eigenvalue weighted by Crippen LogP contribution is -2.37. The Kier molecular flexibility index (Phi) is 4.75. The summed E-state index contributed by atoms with van der Waals surface area (Å²) in [6.45, 7) is -0.632. The second-order valence-electron chi connectivity index (χ2n) is 2.47. The maximum Gasteiger partial charge on any atom is 0.246 e. The fourth-order valence-electron chi connectivity index (χ4n) is 0.624. The number of carbonyl (C=O) groups is 1. The van der Waals surface area contributed by atoms with E-state index in [2.05, 4.69) is 5.73 Å². The van der Waals surface area contributed by atoms with E-state index in [1.54, 1.807) is 0 Å². The van der Waals surface area contributed by atoms with Gasteiger partial charge in [0.2, 0.25) is 5.91 Å². The van der Waals surface area contributed by atoms with Crippen molar-refractivity contribution in [1.82, 2.24) is 0 Å². The largest absolute Gasteiger partial charge is 0.394 e. The zero-order chi connectivity index (χ0) is 9.72. The zero-order valence-corrected chi connectivity index (χ0v) is 6.42. The number of nitrogens with two attached hydrogens (primary N) is 1. The predicted molar refractivity (Wildman–Crippen MR) is 38.9 cm³/mol.